The second kappa shape index (κ2) is 7.65. The number of carbonyl (C=O) groups excluding carboxylic acids is 1. The minimum absolute atomic E-state index is 0.179. The second-order valence-electron chi connectivity index (χ2n) is 5.52. The molecular weight excluding hydrogens is 318 g/mol. The van der Waals surface area contributed by atoms with E-state index in [9.17, 15) is 13.2 Å². The van der Waals surface area contributed by atoms with E-state index >= 15 is 0 Å². The summed E-state index contributed by atoms with van der Waals surface area (Å²) in [4.78, 5) is 12.0. The Hall–Kier alpha value is -1.80. The Morgan fingerprint density at radius 2 is 2.04 bits per heavy atom. The van der Waals surface area contributed by atoms with Gasteiger partial charge in [0.15, 0.2) is 0 Å². The first-order valence-corrected chi connectivity index (χ1v) is 9.49. The van der Waals surface area contributed by atoms with Gasteiger partial charge in [-0.3, -0.25) is 0 Å². The van der Waals surface area contributed by atoms with Gasteiger partial charge in [0.2, 0.25) is 10.0 Å². The molecular formula is C15H23N3O4S. The van der Waals surface area contributed by atoms with Crippen molar-refractivity contribution in [2.75, 3.05) is 31.3 Å². The molecule has 0 spiro atoms. The van der Waals surface area contributed by atoms with E-state index in [0.29, 0.717) is 25.4 Å². The summed E-state index contributed by atoms with van der Waals surface area (Å²) in [5.41, 5.74) is 0.654. The summed E-state index contributed by atoms with van der Waals surface area (Å²) < 4.78 is 29.9. The van der Waals surface area contributed by atoms with Gasteiger partial charge in [-0.15, -0.1) is 0 Å². The lowest BCUT2D eigenvalue weighted by Crippen LogP contribution is -2.50. The van der Waals surface area contributed by atoms with Gasteiger partial charge in [0.05, 0.1) is 12.9 Å². The molecule has 8 heteroatoms. The number of benzene rings is 1. The summed E-state index contributed by atoms with van der Waals surface area (Å²) in [6, 6.07) is 6.56. The molecule has 0 aliphatic carbocycles. The lowest BCUT2D eigenvalue weighted by molar-refractivity contribution is 0.236. The average molecular weight is 341 g/mol. The highest BCUT2D eigenvalue weighted by atomic mass is 32.2. The summed E-state index contributed by atoms with van der Waals surface area (Å²) in [5.74, 6) is 0.745. The van der Waals surface area contributed by atoms with E-state index in [4.69, 9.17) is 4.74 Å². The van der Waals surface area contributed by atoms with Gasteiger partial charge in [0, 0.05) is 24.8 Å². The van der Waals surface area contributed by atoms with Crippen molar-refractivity contribution in [3.63, 3.8) is 0 Å². The molecule has 2 amide bonds. The Balaban J connectivity index is 1.86. The number of ether oxygens (including phenoxy) is 1. The molecule has 0 bridgehead atoms. The molecule has 7 nitrogen and oxygen atoms in total. The van der Waals surface area contributed by atoms with Crippen molar-refractivity contribution in [2.24, 2.45) is 0 Å². The molecule has 0 saturated carbocycles. The number of sulfonamides is 1. The standard InChI is InChI=1S/C15H23N3O4S/c1-3-22-14-8-6-12(7-9-14)16-15(19)17-13-5-4-10-18(11-13)23(2,20)21/h6-9,13H,3-5,10-11H2,1-2H3,(H2,16,17,19). The SMILES string of the molecule is CCOc1ccc(NC(=O)NC2CCCN(S(C)(=O)=O)C2)cc1. The van der Waals surface area contributed by atoms with Crippen LogP contribution in [0.25, 0.3) is 0 Å². The van der Waals surface area contributed by atoms with E-state index in [-0.39, 0.29) is 12.1 Å². The molecule has 1 aliphatic heterocycles. The molecule has 1 heterocycles. The number of rotatable bonds is 5. The number of nitrogens with zero attached hydrogens (tertiary/aromatic N) is 1. The van der Waals surface area contributed by atoms with Crippen molar-refractivity contribution in [1.82, 2.24) is 9.62 Å². The van der Waals surface area contributed by atoms with Crippen LogP contribution in [0, 0.1) is 0 Å². The number of hydrogen-bond acceptors (Lipinski definition) is 4. The number of carbonyl (C=O) groups is 1. The molecule has 1 saturated heterocycles. The molecule has 0 radical (unpaired) electrons. The number of hydrogen-bond donors (Lipinski definition) is 2. The lowest BCUT2D eigenvalue weighted by Gasteiger charge is -2.31. The summed E-state index contributed by atoms with van der Waals surface area (Å²) in [5, 5.41) is 5.56. The van der Waals surface area contributed by atoms with Crippen molar-refractivity contribution in [2.45, 2.75) is 25.8 Å². The fourth-order valence-corrected chi connectivity index (χ4v) is 3.43. The lowest BCUT2D eigenvalue weighted by atomic mass is 10.1. The summed E-state index contributed by atoms with van der Waals surface area (Å²) >= 11 is 0. The molecule has 1 fully saturated rings. The van der Waals surface area contributed by atoms with Crippen molar-refractivity contribution < 1.29 is 17.9 Å². The van der Waals surface area contributed by atoms with E-state index in [1.165, 1.54) is 10.6 Å². The predicted molar refractivity (Wildman–Crippen MR) is 89.2 cm³/mol. The van der Waals surface area contributed by atoms with Crippen LogP contribution in [-0.4, -0.2) is 50.7 Å². The highest BCUT2D eigenvalue weighted by Crippen LogP contribution is 2.16. The van der Waals surface area contributed by atoms with Gasteiger partial charge < -0.3 is 15.4 Å². The van der Waals surface area contributed by atoms with E-state index in [2.05, 4.69) is 10.6 Å². The van der Waals surface area contributed by atoms with Gasteiger partial charge in [-0.1, -0.05) is 0 Å². The topological polar surface area (TPSA) is 87.7 Å². The van der Waals surface area contributed by atoms with Gasteiger partial charge >= 0.3 is 6.03 Å². The third-order valence-corrected chi connectivity index (χ3v) is 4.88. The van der Waals surface area contributed by atoms with Crippen LogP contribution in [-0.2, 0) is 10.0 Å². The molecule has 2 rings (SSSR count). The van der Waals surface area contributed by atoms with Gasteiger partial charge in [-0.25, -0.2) is 17.5 Å². The Labute approximate surface area is 137 Å². The summed E-state index contributed by atoms with van der Waals surface area (Å²) in [6.07, 6.45) is 2.69. The van der Waals surface area contributed by atoms with Gasteiger partial charge in [-0.2, -0.15) is 0 Å². The maximum Gasteiger partial charge on any atom is 0.319 e. The van der Waals surface area contributed by atoms with Crippen LogP contribution >= 0.6 is 0 Å². The maximum absolute atomic E-state index is 12.0. The van der Waals surface area contributed by atoms with E-state index in [1.807, 2.05) is 6.92 Å². The summed E-state index contributed by atoms with van der Waals surface area (Å²) in [6.45, 7) is 3.32. The highest BCUT2D eigenvalue weighted by Gasteiger charge is 2.26. The molecule has 1 aromatic rings. The van der Waals surface area contributed by atoms with Crippen LogP contribution in [0.5, 0.6) is 5.75 Å². The van der Waals surface area contributed by atoms with E-state index < -0.39 is 10.0 Å². The molecule has 128 valence electrons. The second-order valence-corrected chi connectivity index (χ2v) is 7.50. The maximum atomic E-state index is 12.0. The van der Waals surface area contributed by atoms with Crippen LogP contribution in [0.3, 0.4) is 0 Å². The number of piperidine rings is 1. The van der Waals surface area contributed by atoms with Crippen molar-refractivity contribution in [1.29, 1.82) is 0 Å². The zero-order valence-corrected chi connectivity index (χ0v) is 14.2. The fraction of sp³-hybridized carbons (Fsp3) is 0.533. The number of urea groups is 1. The minimum atomic E-state index is -3.22. The number of anilines is 1. The molecule has 1 aromatic carbocycles. The Morgan fingerprint density at radius 3 is 2.65 bits per heavy atom. The zero-order chi connectivity index (χ0) is 16.9. The molecule has 23 heavy (non-hydrogen) atoms. The van der Waals surface area contributed by atoms with Crippen LogP contribution in [0.4, 0.5) is 10.5 Å². The molecule has 2 N–H and O–H groups in total. The first-order chi connectivity index (χ1) is 10.9. The fourth-order valence-electron chi connectivity index (χ4n) is 2.52. The normalized spacial score (nSPS) is 19.1. The van der Waals surface area contributed by atoms with E-state index in [1.54, 1.807) is 24.3 Å². The van der Waals surface area contributed by atoms with Crippen molar-refractivity contribution in [3.05, 3.63) is 24.3 Å². The number of nitrogens with one attached hydrogen (secondary N) is 2. The monoisotopic (exact) mass is 341 g/mol. The molecule has 0 aromatic heterocycles. The smallest absolute Gasteiger partial charge is 0.319 e. The Bertz CT molecular complexity index is 631. The Kier molecular flexibility index (Phi) is 5.84. The third-order valence-electron chi connectivity index (χ3n) is 3.61. The first kappa shape index (κ1) is 17.6. The Morgan fingerprint density at radius 1 is 1.35 bits per heavy atom. The first-order valence-electron chi connectivity index (χ1n) is 7.64. The highest BCUT2D eigenvalue weighted by molar-refractivity contribution is 7.88. The minimum Gasteiger partial charge on any atom is -0.494 e. The summed E-state index contributed by atoms with van der Waals surface area (Å²) in [7, 11) is -3.22. The molecule has 1 aliphatic rings. The molecule has 1 unspecified atom stereocenters. The largest absolute Gasteiger partial charge is 0.494 e. The predicted octanol–water partition coefficient (Wildman–Crippen LogP) is 1.63. The molecule has 1 atom stereocenters. The zero-order valence-electron chi connectivity index (χ0n) is 13.4. The van der Waals surface area contributed by atoms with Gasteiger partial charge in [0.1, 0.15) is 5.75 Å². The van der Waals surface area contributed by atoms with Crippen LogP contribution < -0.4 is 15.4 Å². The van der Waals surface area contributed by atoms with Crippen LogP contribution in [0.1, 0.15) is 19.8 Å². The van der Waals surface area contributed by atoms with Gasteiger partial charge in [0.25, 0.3) is 0 Å². The average Bonchev–Trinajstić information content (AvgIpc) is 2.49. The van der Waals surface area contributed by atoms with E-state index in [0.717, 1.165) is 18.6 Å². The quantitative estimate of drug-likeness (QED) is 0.852. The van der Waals surface area contributed by atoms with Crippen molar-refractivity contribution >= 4 is 21.7 Å². The third kappa shape index (κ3) is 5.40. The van der Waals surface area contributed by atoms with Gasteiger partial charge in [-0.05, 0) is 44.0 Å². The van der Waals surface area contributed by atoms with Crippen LogP contribution in [0.2, 0.25) is 0 Å². The number of amides is 2. The van der Waals surface area contributed by atoms with Crippen molar-refractivity contribution in [3.8, 4) is 5.75 Å². The van der Waals surface area contributed by atoms with Crippen LogP contribution in [0.15, 0.2) is 24.3 Å².